The molecule has 0 bridgehead atoms. The minimum Gasteiger partial charge on any atom is -0.461 e. The number of carbonyl (C=O) groups excluding carboxylic acids is 2. The third kappa shape index (κ3) is 6.46. The van der Waals surface area contributed by atoms with Gasteiger partial charge in [-0.05, 0) is 81.7 Å². The van der Waals surface area contributed by atoms with Gasteiger partial charge in [0, 0.05) is 21.2 Å². The standard InChI is InChI=1S/C31H30Cl3N3O3/c1-19-28(30(38)35-26(17-20-7-3-2-4-8-20)31(39)40-24-9-5-6-10-24)36-37(27-16-15-23(33)18-25(27)34)29(19)21-11-13-22(32)14-12-21/h2-4,7,11-16,18,20,24,26H,5-6,8-10,17H2,1H3,(H,35,38). The van der Waals surface area contributed by atoms with Crippen molar-refractivity contribution in [1.29, 1.82) is 0 Å². The number of ether oxygens (including phenoxy) is 1. The van der Waals surface area contributed by atoms with E-state index in [1.807, 2.05) is 31.2 Å². The zero-order valence-corrected chi connectivity index (χ0v) is 24.3. The average Bonchev–Trinajstić information content (AvgIpc) is 3.57. The number of nitrogens with one attached hydrogen (secondary N) is 1. The Balaban J connectivity index is 1.49. The number of rotatable bonds is 8. The lowest BCUT2D eigenvalue weighted by Gasteiger charge is -2.23. The van der Waals surface area contributed by atoms with Crippen LogP contribution in [0.4, 0.5) is 0 Å². The molecule has 40 heavy (non-hydrogen) atoms. The summed E-state index contributed by atoms with van der Waals surface area (Å²) in [4.78, 5) is 27.1. The minimum absolute atomic E-state index is 0.0989. The van der Waals surface area contributed by atoms with Gasteiger partial charge in [0.1, 0.15) is 12.1 Å². The average molecular weight is 599 g/mol. The van der Waals surface area contributed by atoms with E-state index in [9.17, 15) is 9.59 Å². The van der Waals surface area contributed by atoms with Crippen molar-refractivity contribution in [3.63, 3.8) is 0 Å². The summed E-state index contributed by atoms with van der Waals surface area (Å²) in [5.74, 6) is -0.748. The van der Waals surface area contributed by atoms with Crippen molar-refractivity contribution in [3.8, 4) is 16.9 Å². The highest BCUT2D eigenvalue weighted by Crippen LogP contribution is 2.33. The lowest BCUT2D eigenvalue weighted by molar-refractivity contribution is -0.151. The molecule has 1 fully saturated rings. The van der Waals surface area contributed by atoms with E-state index in [0.717, 1.165) is 37.7 Å². The Kier molecular flexibility index (Phi) is 8.99. The second kappa shape index (κ2) is 12.6. The van der Waals surface area contributed by atoms with Crippen LogP contribution in [0, 0.1) is 12.8 Å². The Bertz CT molecular complexity index is 1460. The predicted molar refractivity (Wildman–Crippen MR) is 159 cm³/mol. The molecule has 0 spiro atoms. The molecule has 0 saturated heterocycles. The first-order valence-corrected chi connectivity index (χ1v) is 14.6. The smallest absolute Gasteiger partial charge is 0.328 e. The summed E-state index contributed by atoms with van der Waals surface area (Å²) in [6, 6.07) is 11.6. The molecule has 2 aliphatic carbocycles. The number of esters is 1. The summed E-state index contributed by atoms with van der Waals surface area (Å²) in [6.07, 6.45) is 13.0. The molecule has 5 rings (SSSR count). The lowest BCUT2D eigenvalue weighted by Crippen LogP contribution is -2.44. The number of allylic oxidation sites excluding steroid dienone is 4. The largest absolute Gasteiger partial charge is 0.461 e. The van der Waals surface area contributed by atoms with Crippen LogP contribution in [-0.2, 0) is 9.53 Å². The molecule has 0 radical (unpaired) electrons. The predicted octanol–water partition coefficient (Wildman–Crippen LogP) is 7.91. The van der Waals surface area contributed by atoms with Gasteiger partial charge in [0.15, 0.2) is 5.69 Å². The summed E-state index contributed by atoms with van der Waals surface area (Å²) in [5.41, 5.74) is 2.87. The van der Waals surface area contributed by atoms with Crippen molar-refractivity contribution in [1.82, 2.24) is 15.1 Å². The highest BCUT2D eigenvalue weighted by atomic mass is 35.5. The van der Waals surface area contributed by atoms with Crippen LogP contribution in [0.2, 0.25) is 15.1 Å². The zero-order chi connectivity index (χ0) is 28.2. The SMILES string of the molecule is Cc1c(C(=O)NC(CC2C=CC=CC2)C(=O)OC2CCCC2)nn(-c2ccc(Cl)cc2Cl)c1-c1ccc(Cl)cc1. The lowest BCUT2D eigenvalue weighted by atomic mass is 9.93. The molecule has 2 aromatic carbocycles. The molecule has 2 unspecified atom stereocenters. The second-order valence-electron chi connectivity index (χ2n) is 10.3. The molecule has 1 amide bonds. The Morgan fingerprint density at radius 2 is 1.77 bits per heavy atom. The van der Waals surface area contributed by atoms with Crippen LogP contribution in [0.3, 0.4) is 0 Å². The van der Waals surface area contributed by atoms with Crippen LogP contribution in [0.15, 0.2) is 66.8 Å². The number of carbonyl (C=O) groups is 2. The first-order valence-electron chi connectivity index (χ1n) is 13.5. The molecular weight excluding hydrogens is 569 g/mol. The molecule has 3 aromatic rings. The fourth-order valence-electron chi connectivity index (χ4n) is 5.29. The van der Waals surface area contributed by atoms with Crippen molar-refractivity contribution in [2.24, 2.45) is 5.92 Å². The number of nitrogens with zero attached hydrogens (tertiary/aromatic N) is 2. The van der Waals surface area contributed by atoms with E-state index in [4.69, 9.17) is 44.6 Å². The fourth-order valence-corrected chi connectivity index (χ4v) is 5.90. The van der Waals surface area contributed by atoms with Gasteiger partial charge in [-0.3, -0.25) is 4.79 Å². The highest BCUT2D eigenvalue weighted by Gasteiger charge is 2.31. The summed E-state index contributed by atoms with van der Waals surface area (Å²) < 4.78 is 7.46. The minimum atomic E-state index is -0.808. The van der Waals surface area contributed by atoms with Gasteiger partial charge in [-0.2, -0.15) is 5.10 Å². The van der Waals surface area contributed by atoms with Gasteiger partial charge in [-0.25, -0.2) is 9.48 Å². The van der Waals surface area contributed by atoms with Crippen molar-refractivity contribution in [3.05, 3.63) is 93.1 Å². The van der Waals surface area contributed by atoms with E-state index < -0.39 is 17.9 Å². The Morgan fingerprint density at radius 1 is 1.05 bits per heavy atom. The number of benzene rings is 2. The van der Waals surface area contributed by atoms with Crippen LogP contribution in [-0.4, -0.2) is 33.8 Å². The molecule has 1 N–H and O–H groups in total. The van der Waals surface area contributed by atoms with E-state index in [2.05, 4.69) is 17.5 Å². The first kappa shape index (κ1) is 28.5. The van der Waals surface area contributed by atoms with E-state index in [0.29, 0.717) is 38.4 Å². The monoisotopic (exact) mass is 597 g/mol. The van der Waals surface area contributed by atoms with Crippen molar-refractivity contribution in [2.75, 3.05) is 0 Å². The topological polar surface area (TPSA) is 73.2 Å². The summed E-state index contributed by atoms with van der Waals surface area (Å²) in [5, 5.41) is 9.10. The van der Waals surface area contributed by atoms with E-state index in [1.165, 1.54) is 0 Å². The summed E-state index contributed by atoms with van der Waals surface area (Å²) in [7, 11) is 0. The van der Waals surface area contributed by atoms with Gasteiger partial charge in [0.25, 0.3) is 5.91 Å². The molecule has 2 aliphatic rings. The quantitative estimate of drug-likeness (QED) is 0.267. The molecule has 1 saturated carbocycles. The zero-order valence-electron chi connectivity index (χ0n) is 22.1. The number of hydrogen-bond donors (Lipinski definition) is 1. The van der Waals surface area contributed by atoms with Crippen molar-refractivity contribution >= 4 is 46.7 Å². The molecule has 208 valence electrons. The van der Waals surface area contributed by atoms with Crippen LogP contribution in [0.1, 0.15) is 54.6 Å². The van der Waals surface area contributed by atoms with E-state index >= 15 is 0 Å². The maximum Gasteiger partial charge on any atom is 0.328 e. The molecule has 6 nitrogen and oxygen atoms in total. The first-order chi connectivity index (χ1) is 19.3. The summed E-state index contributed by atoms with van der Waals surface area (Å²) >= 11 is 18.9. The number of aromatic nitrogens is 2. The maximum atomic E-state index is 13.8. The van der Waals surface area contributed by atoms with Gasteiger partial charge in [-0.1, -0.05) is 71.2 Å². The summed E-state index contributed by atoms with van der Waals surface area (Å²) in [6.45, 7) is 1.83. The van der Waals surface area contributed by atoms with Crippen LogP contribution < -0.4 is 5.32 Å². The maximum absolute atomic E-state index is 13.8. The van der Waals surface area contributed by atoms with Crippen LogP contribution >= 0.6 is 34.8 Å². The van der Waals surface area contributed by atoms with Crippen LogP contribution in [0.25, 0.3) is 16.9 Å². The van der Waals surface area contributed by atoms with Crippen molar-refractivity contribution in [2.45, 2.75) is 57.6 Å². The molecule has 9 heteroatoms. The Morgan fingerprint density at radius 3 is 2.45 bits per heavy atom. The number of hydrogen-bond acceptors (Lipinski definition) is 4. The molecule has 1 aromatic heterocycles. The molecule has 2 atom stereocenters. The molecular formula is C31H30Cl3N3O3. The number of amides is 1. The molecule has 0 aliphatic heterocycles. The van der Waals surface area contributed by atoms with Gasteiger partial charge < -0.3 is 10.1 Å². The second-order valence-corrected chi connectivity index (χ2v) is 11.5. The van der Waals surface area contributed by atoms with Gasteiger partial charge in [-0.15, -0.1) is 0 Å². The fraction of sp³-hybridized carbons (Fsp3) is 0.323. The van der Waals surface area contributed by atoms with Crippen LogP contribution in [0.5, 0.6) is 0 Å². The van der Waals surface area contributed by atoms with Gasteiger partial charge in [0.05, 0.1) is 16.4 Å². The highest BCUT2D eigenvalue weighted by molar-refractivity contribution is 6.35. The Hall–Kier alpha value is -3.06. The van der Waals surface area contributed by atoms with E-state index in [1.54, 1.807) is 35.0 Å². The molecule has 1 heterocycles. The number of halogens is 3. The van der Waals surface area contributed by atoms with E-state index in [-0.39, 0.29) is 17.7 Å². The third-order valence-corrected chi connectivity index (χ3v) is 8.17. The third-order valence-electron chi connectivity index (χ3n) is 7.38. The van der Waals surface area contributed by atoms with Crippen molar-refractivity contribution < 1.29 is 14.3 Å². The Labute approximate surface area is 248 Å². The normalized spacial score (nSPS) is 17.6. The van der Waals surface area contributed by atoms with Gasteiger partial charge >= 0.3 is 5.97 Å². The van der Waals surface area contributed by atoms with Gasteiger partial charge in [0.2, 0.25) is 0 Å².